The molecule has 4 heteroatoms. The molecule has 0 aliphatic carbocycles. The molecule has 22 heavy (non-hydrogen) atoms. The zero-order valence-electron chi connectivity index (χ0n) is 12.3. The van der Waals surface area contributed by atoms with E-state index < -0.39 is 0 Å². The number of para-hydroxylation sites is 1. The quantitative estimate of drug-likeness (QED) is 0.762. The van der Waals surface area contributed by atoms with Crippen LogP contribution in [-0.2, 0) is 6.54 Å². The van der Waals surface area contributed by atoms with Gasteiger partial charge in [-0.1, -0.05) is 18.2 Å². The van der Waals surface area contributed by atoms with Crippen molar-refractivity contribution in [2.75, 3.05) is 13.1 Å². The van der Waals surface area contributed by atoms with Gasteiger partial charge in [0.05, 0.1) is 6.10 Å². The normalized spacial score (nSPS) is 20.0. The summed E-state index contributed by atoms with van der Waals surface area (Å²) in [4.78, 5) is 2.18. The maximum absolute atomic E-state index is 10.4. The molecule has 0 bridgehead atoms. The Hall–Kier alpha value is -2.04. The summed E-state index contributed by atoms with van der Waals surface area (Å²) in [7, 11) is 0. The zero-order valence-corrected chi connectivity index (χ0v) is 12.3. The molecule has 0 saturated carbocycles. The van der Waals surface area contributed by atoms with Crippen molar-refractivity contribution in [3.05, 3.63) is 42.0 Å². The van der Waals surface area contributed by atoms with E-state index in [2.05, 4.69) is 4.90 Å². The van der Waals surface area contributed by atoms with Gasteiger partial charge >= 0.3 is 0 Å². The molecule has 0 spiro atoms. The van der Waals surface area contributed by atoms with Crippen LogP contribution in [0.2, 0.25) is 0 Å². The second kappa shape index (κ2) is 5.30. The number of aliphatic hydroxyl groups excluding tert-OH is 1. The van der Waals surface area contributed by atoms with Crippen LogP contribution < -0.4 is 0 Å². The van der Waals surface area contributed by atoms with E-state index in [1.807, 2.05) is 30.3 Å². The molecule has 1 fully saturated rings. The fourth-order valence-electron chi connectivity index (χ4n) is 3.34. The van der Waals surface area contributed by atoms with Crippen LogP contribution in [0.4, 0.5) is 0 Å². The maximum Gasteiger partial charge on any atom is 0.136 e. The molecule has 0 unspecified atom stereocenters. The van der Waals surface area contributed by atoms with E-state index in [-0.39, 0.29) is 6.10 Å². The summed E-state index contributed by atoms with van der Waals surface area (Å²) in [6.45, 7) is 2.25. The first-order chi connectivity index (χ1) is 10.7. The van der Waals surface area contributed by atoms with E-state index in [1.54, 1.807) is 6.07 Å². The zero-order chi connectivity index (χ0) is 15.1. The molecule has 114 valence electrons. The number of fused-ring (bicyclic) bond motifs is 3. The summed E-state index contributed by atoms with van der Waals surface area (Å²) in [5.74, 6) is 0.291. The molecule has 1 aromatic heterocycles. The number of phenols is 1. The summed E-state index contributed by atoms with van der Waals surface area (Å²) < 4.78 is 5.88. The lowest BCUT2D eigenvalue weighted by molar-refractivity contribution is 0.0664. The standard InChI is InChI=1S/C18H19NO3/c20-13-4-3-7-19(11-13)10-12-8-18-15(9-16(12)21)14-5-1-2-6-17(14)22-18/h1-2,5-6,8-9,13,20-21H,3-4,7,10-11H2/t13-/m1/s1. The number of nitrogens with zero attached hydrogens (tertiary/aromatic N) is 1. The van der Waals surface area contributed by atoms with Crippen molar-refractivity contribution in [2.45, 2.75) is 25.5 Å². The maximum atomic E-state index is 10.4. The Morgan fingerprint density at radius 2 is 2.00 bits per heavy atom. The molecular weight excluding hydrogens is 278 g/mol. The number of β-amino-alcohol motifs (C(OH)–C–C–N with tert-alkyl or cyclic N) is 1. The average molecular weight is 297 g/mol. The minimum absolute atomic E-state index is 0.258. The number of phenolic OH excluding ortho intramolecular Hbond substituents is 1. The summed E-state index contributed by atoms with van der Waals surface area (Å²) >= 11 is 0. The summed E-state index contributed by atoms with van der Waals surface area (Å²) in [6, 6.07) is 11.6. The van der Waals surface area contributed by atoms with Crippen molar-refractivity contribution in [1.29, 1.82) is 0 Å². The number of piperidine rings is 1. The highest BCUT2D eigenvalue weighted by Crippen LogP contribution is 2.34. The molecule has 2 heterocycles. The van der Waals surface area contributed by atoms with Crippen molar-refractivity contribution < 1.29 is 14.6 Å². The fraction of sp³-hybridized carbons (Fsp3) is 0.333. The van der Waals surface area contributed by atoms with E-state index in [1.165, 1.54) is 0 Å². The van der Waals surface area contributed by atoms with Gasteiger partial charge in [-0.3, -0.25) is 4.90 Å². The van der Waals surface area contributed by atoms with Crippen molar-refractivity contribution in [1.82, 2.24) is 4.90 Å². The highest BCUT2D eigenvalue weighted by molar-refractivity contribution is 6.05. The van der Waals surface area contributed by atoms with Crippen LogP contribution in [-0.4, -0.2) is 34.3 Å². The third-order valence-corrected chi connectivity index (χ3v) is 4.45. The molecule has 4 nitrogen and oxygen atoms in total. The van der Waals surface area contributed by atoms with Crippen LogP contribution in [0.3, 0.4) is 0 Å². The Kier molecular flexibility index (Phi) is 3.28. The molecule has 2 aromatic carbocycles. The lowest BCUT2D eigenvalue weighted by Crippen LogP contribution is -2.37. The van der Waals surface area contributed by atoms with Crippen molar-refractivity contribution in [3.8, 4) is 5.75 Å². The van der Waals surface area contributed by atoms with E-state index in [0.717, 1.165) is 46.9 Å². The number of furan rings is 1. The molecule has 0 radical (unpaired) electrons. The van der Waals surface area contributed by atoms with Crippen LogP contribution in [0.5, 0.6) is 5.75 Å². The number of aromatic hydroxyl groups is 1. The minimum atomic E-state index is -0.258. The topological polar surface area (TPSA) is 56.8 Å². The van der Waals surface area contributed by atoms with Gasteiger partial charge in [0.15, 0.2) is 0 Å². The van der Waals surface area contributed by atoms with Gasteiger partial charge in [0, 0.05) is 29.4 Å². The molecule has 1 aliphatic rings. The third-order valence-electron chi connectivity index (χ3n) is 4.45. The van der Waals surface area contributed by atoms with E-state index in [0.29, 0.717) is 18.8 Å². The van der Waals surface area contributed by atoms with Crippen molar-refractivity contribution >= 4 is 21.9 Å². The lowest BCUT2D eigenvalue weighted by atomic mass is 10.1. The smallest absolute Gasteiger partial charge is 0.136 e. The Labute approximate surface area is 128 Å². The Morgan fingerprint density at radius 3 is 2.86 bits per heavy atom. The van der Waals surface area contributed by atoms with Crippen molar-refractivity contribution in [2.24, 2.45) is 0 Å². The summed E-state index contributed by atoms with van der Waals surface area (Å²) in [5.41, 5.74) is 2.48. The number of rotatable bonds is 2. The number of aliphatic hydroxyl groups is 1. The van der Waals surface area contributed by atoms with Crippen LogP contribution in [0.15, 0.2) is 40.8 Å². The second-order valence-electron chi connectivity index (χ2n) is 6.11. The Bertz CT molecular complexity index is 824. The van der Waals surface area contributed by atoms with Crippen LogP contribution in [0.25, 0.3) is 21.9 Å². The minimum Gasteiger partial charge on any atom is -0.508 e. The highest BCUT2D eigenvalue weighted by Gasteiger charge is 2.19. The number of hydrogen-bond acceptors (Lipinski definition) is 4. The summed E-state index contributed by atoms with van der Waals surface area (Å²) in [6.07, 6.45) is 1.60. The monoisotopic (exact) mass is 297 g/mol. The van der Waals surface area contributed by atoms with Gasteiger partial charge in [0.1, 0.15) is 16.9 Å². The number of hydrogen-bond donors (Lipinski definition) is 2. The molecule has 0 amide bonds. The third kappa shape index (κ3) is 2.34. The van der Waals surface area contributed by atoms with Gasteiger partial charge in [0.25, 0.3) is 0 Å². The van der Waals surface area contributed by atoms with Gasteiger partial charge in [-0.05, 0) is 37.6 Å². The molecular formula is C18H19NO3. The van der Waals surface area contributed by atoms with Crippen molar-refractivity contribution in [3.63, 3.8) is 0 Å². The van der Waals surface area contributed by atoms with Crippen LogP contribution in [0.1, 0.15) is 18.4 Å². The van der Waals surface area contributed by atoms with Gasteiger partial charge in [0.2, 0.25) is 0 Å². The van der Waals surface area contributed by atoms with Gasteiger partial charge < -0.3 is 14.6 Å². The Morgan fingerprint density at radius 1 is 1.14 bits per heavy atom. The second-order valence-corrected chi connectivity index (χ2v) is 6.11. The first kappa shape index (κ1) is 13.6. The first-order valence-electron chi connectivity index (χ1n) is 7.74. The van der Waals surface area contributed by atoms with Gasteiger partial charge in [-0.2, -0.15) is 0 Å². The largest absolute Gasteiger partial charge is 0.508 e. The van der Waals surface area contributed by atoms with Gasteiger partial charge in [-0.15, -0.1) is 0 Å². The molecule has 1 saturated heterocycles. The van der Waals surface area contributed by atoms with Crippen LogP contribution in [0, 0.1) is 0 Å². The fourth-order valence-corrected chi connectivity index (χ4v) is 3.34. The van der Waals surface area contributed by atoms with Gasteiger partial charge in [-0.25, -0.2) is 0 Å². The Balaban J connectivity index is 1.72. The molecule has 3 aromatic rings. The highest BCUT2D eigenvalue weighted by atomic mass is 16.3. The average Bonchev–Trinajstić information content (AvgIpc) is 2.85. The summed E-state index contributed by atoms with van der Waals surface area (Å²) in [5, 5.41) is 22.1. The van der Waals surface area contributed by atoms with E-state index in [9.17, 15) is 10.2 Å². The van der Waals surface area contributed by atoms with Crippen LogP contribution >= 0.6 is 0 Å². The SMILES string of the molecule is Oc1cc2c(cc1CN1CCC[C@@H](O)C1)oc1ccccc12. The molecule has 1 atom stereocenters. The first-order valence-corrected chi connectivity index (χ1v) is 7.74. The predicted molar refractivity (Wildman–Crippen MR) is 85.9 cm³/mol. The lowest BCUT2D eigenvalue weighted by Gasteiger charge is -2.30. The van der Waals surface area contributed by atoms with E-state index >= 15 is 0 Å². The number of benzene rings is 2. The molecule has 1 aliphatic heterocycles. The van der Waals surface area contributed by atoms with E-state index in [4.69, 9.17) is 4.42 Å². The number of likely N-dealkylation sites (tertiary alicyclic amines) is 1. The molecule has 4 rings (SSSR count). The predicted octanol–water partition coefficient (Wildman–Crippen LogP) is 3.25. The molecule has 2 N–H and O–H groups in total.